The van der Waals surface area contributed by atoms with E-state index in [0.29, 0.717) is 0 Å². The summed E-state index contributed by atoms with van der Waals surface area (Å²) in [7, 11) is 0. The Morgan fingerprint density at radius 2 is 1.50 bits per heavy atom. The van der Waals surface area contributed by atoms with Crippen molar-refractivity contribution in [3.05, 3.63) is 95.1 Å². The van der Waals surface area contributed by atoms with Crippen molar-refractivity contribution >= 4 is 17.3 Å². The van der Waals surface area contributed by atoms with Crippen LogP contribution in [0, 0.1) is 13.8 Å². The van der Waals surface area contributed by atoms with Gasteiger partial charge in [-0.1, -0.05) is 60.7 Å². The fraction of sp³-hybridized carbons (Fsp3) is 0.174. The Bertz CT molecular complexity index is 888. The van der Waals surface area contributed by atoms with Crippen molar-refractivity contribution in [1.82, 2.24) is 0 Å². The maximum atomic E-state index is 12.4. The van der Waals surface area contributed by atoms with Crippen LogP contribution < -0.4 is 10.6 Å². The van der Waals surface area contributed by atoms with Gasteiger partial charge in [0, 0.05) is 11.4 Å². The molecule has 3 heteroatoms. The lowest BCUT2D eigenvalue weighted by molar-refractivity contribution is -0.114. The minimum Gasteiger partial charge on any atom is -0.376 e. The molecule has 0 spiro atoms. The third-order valence-electron chi connectivity index (χ3n) is 4.57. The van der Waals surface area contributed by atoms with Crippen LogP contribution in [-0.2, 0) is 11.2 Å². The van der Waals surface area contributed by atoms with E-state index in [1.807, 2.05) is 48.5 Å². The monoisotopic (exact) mass is 344 g/mol. The molecule has 2 N–H and O–H groups in total. The van der Waals surface area contributed by atoms with Gasteiger partial charge < -0.3 is 10.6 Å². The van der Waals surface area contributed by atoms with Crippen LogP contribution in [0.2, 0.25) is 0 Å². The summed E-state index contributed by atoms with van der Waals surface area (Å²) in [6, 6.07) is 24.3. The highest BCUT2D eigenvalue weighted by Crippen LogP contribution is 2.20. The molecule has 3 aromatic rings. The van der Waals surface area contributed by atoms with E-state index < -0.39 is 0 Å². The van der Waals surface area contributed by atoms with Gasteiger partial charge >= 0.3 is 0 Å². The van der Waals surface area contributed by atoms with Gasteiger partial charge in [-0.2, -0.15) is 0 Å². The smallest absolute Gasteiger partial charge is 0.243 e. The van der Waals surface area contributed by atoms with Crippen molar-refractivity contribution < 1.29 is 4.79 Å². The zero-order valence-corrected chi connectivity index (χ0v) is 15.3. The number of nitrogens with one attached hydrogen (secondary N) is 2. The molecular weight excluding hydrogens is 320 g/mol. The molecule has 132 valence electrons. The zero-order valence-electron chi connectivity index (χ0n) is 15.3. The zero-order chi connectivity index (χ0) is 18.4. The summed E-state index contributed by atoms with van der Waals surface area (Å²) in [6.45, 7) is 4.37. The fourth-order valence-electron chi connectivity index (χ4n) is 2.92. The maximum Gasteiger partial charge on any atom is 0.243 e. The Labute approximate surface area is 155 Å². The number of amides is 1. The van der Waals surface area contributed by atoms with Gasteiger partial charge in [0.05, 0.1) is 6.54 Å². The van der Waals surface area contributed by atoms with Gasteiger partial charge in [-0.25, -0.2) is 0 Å². The third-order valence-corrected chi connectivity index (χ3v) is 4.57. The summed E-state index contributed by atoms with van der Waals surface area (Å²) in [4.78, 5) is 12.4. The molecular formula is C23H24N2O. The van der Waals surface area contributed by atoms with Crippen LogP contribution in [0.25, 0.3) is 0 Å². The normalized spacial score (nSPS) is 10.4. The standard InChI is InChI=1S/C23H24N2O/c1-17-9-8-14-21(18(17)2)24-16-23(26)25-22-13-7-6-12-20(22)15-19-10-4-3-5-11-19/h3-14,24H,15-16H2,1-2H3,(H,25,26). The van der Waals surface area contributed by atoms with E-state index >= 15 is 0 Å². The molecule has 26 heavy (non-hydrogen) atoms. The molecule has 3 aromatic carbocycles. The number of aryl methyl sites for hydroxylation is 1. The topological polar surface area (TPSA) is 41.1 Å². The molecule has 0 saturated carbocycles. The molecule has 0 fully saturated rings. The van der Waals surface area contributed by atoms with Crippen LogP contribution in [0.1, 0.15) is 22.3 Å². The molecule has 1 amide bonds. The van der Waals surface area contributed by atoms with Gasteiger partial charge in [-0.05, 0) is 54.7 Å². The van der Waals surface area contributed by atoms with E-state index in [4.69, 9.17) is 0 Å². The molecule has 0 atom stereocenters. The van der Waals surface area contributed by atoms with Crippen LogP contribution in [0.15, 0.2) is 72.8 Å². The largest absolute Gasteiger partial charge is 0.376 e. The van der Waals surface area contributed by atoms with Gasteiger partial charge in [0.15, 0.2) is 0 Å². The summed E-state index contributed by atoms with van der Waals surface area (Å²) >= 11 is 0. The highest BCUT2D eigenvalue weighted by atomic mass is 16.1. The second-order valence-electron chi connectivity index (χ2n) is 6.47. The lowest BCUT2D eigenvalue weighted by atomic mass is 10.0. The number of para-hydroxylation sites is 1. The fourth-order valence-corrected chi connectivity index (χ4v) is 2.92. The maximum absolute atomic E-state index is 12.4. The third kappa shape index (κ3) is 4.51. The average Bonchev–Trinajstić information content (AvgIpc) is 2.65. The minimum absolute atomic E-state index is 0.0496. The van der Waals surface area contributed by atoms with Gasteiger partial charge in [-0.3, -0.25) is 4.79 Å². The second kappa shape index (κ2) is 8.34. The molecule has 3 nitrogen and oxygen atoms in total. The summed E-state index contributed by atoms with van der Waals surface area (Å²) in [6.07, 6.45) is 0.793. The molecule has 0 saturated heterocycles. The van der Waals surface area contributed by atoms with Crippen molar-refractivity contribution in [2.75, 3.05) is 17.2 Å². The summed E-state index contributed by atoms with van der Waals surface area (Å²) in [5, 5.41) is 6.26. The Kier molecular flexibility index (Phi) is 5.69. The summed E-state index contributed by atoms with van der Waals surface area (Å²) in [5.74, 6) is -0.0496. The molecule has 0 aliphatic rings. The Morgan fingerprint density at radius 3 is 2.31 bits per heavy atom. The highest BCUT2D eigenvalue weighted by molar-refractivity contribution is 5.94. The SMILES string of the molecule is Cc1cccc(NCC(=O)Nc2ccccc2Cc2ccccc2)c1C. The molecule has 0 aliphatic heterocycles. The highest BCUT2D eigenvalue weighted by Gasteiger charge is 2.08. The first-order valence-corrected chi connectivity index (χ1v) is 8.85. The van der Waals surface area contributed by atoms with E-state index in [1.54, 1.807) is 0 Å². The number of anilines is 2. The van der Waals surface area contributed by atoms with E-state index in [-0.39, 0.29) is 12.5 Å². The number of rotatable bonds is 6. The summed E-state index contributed by atoms with van der Waals surface area (Å²) < 4.78 is 0. The Hall–Kier alpha value is -3.07. The lowest BCUT2D eigenvalue weighted by Crippen LogP contribution is -2.22. The summed E-state index contributed by atoms with van der Waals surface area (Å²) in [5.41, 5.74) is 6.58. The van der Waals surface area contributed by atoms with Gasteiger partial charge in [0.2, 0.25) is 5.91 Å². The number of carbonyl (C=O) groups excluding carboxylic acids is 1. The lowest BCUT2D eigenvalue weighted by Gasteiger charge is -2.14. The second-order valence-corrected chi connectivity index (χ2v) is 6.47. The van der Waals surface area contributed by atoms with Crippen molar-refractivity contribution in [3.8, 4) is 0 Å². The van der Waals surface area contributed by atoms with Gasteiger partial charge in [0.25, 0.3) is 0 Å². The first-order chi connectivity index (χ1) is 12.6. The predicted molar refractivity (Wildman–Crippen MR) is 109 cm³/mol. The number of carbonyl (C=O) groups is 1. The van der Waals surface area contributed by atoms with Crippen LogP contribution in [-0.4, -0.2) is 12.5 Å². The predicted octanol–water partition coefficient (Wildman–Crippen LogP) is 4.94. The minimum atomic E-state index is -0.0496. The number of benzene rings is 3. The van der Waals surface area contributed by atoms with Gasteiger partial charge in [0.1, 0.15) is 0 Å². The number of hydrogen-bond donors (Lipinski definition) is 2. The van der Waals surface area contributed by atoms with Crippen molar-refractivity contribution in [3.63, 3.8) is 0 Å². The average molecular weight is 344 g/mol. The van der Waals surface area contributed by atoms with Crippen molar-refractivity contribution in [2.24, 2.45) is 0 Å². The van der Waals surface area contributed by atoms with Crippen LogP contribution in [0.5, 0.6) is 0 Å². The van der Waals surface area contributed by atoms with E-state index in [9.17, 15) is 4.79 Å². The molecule has 0 heterocycles. The molecule has 0 unspecified atom stereocenters. The van der Waals surface area contributed by atoms with Crippen molar-refractivity contribution in [2.45, 2.75) is 20.3 Å². The Morgan fingerprint density at radius 1 is 0.808 bits per heavy atom. The van der Waals surface area contributed by atoms with E-state index in [0.717, 1.165) is 23.4 Å². The van der Waals surface area contributed by atoms with Crippen LogP contribution >= 0.6 is 0 Å². The molecule has 0 aromatic heterocycles. The molecule has 0 aliphatic carbocycles. The van der Waals surface area contributed by atoms with Crippen LogP contribution in [0.3, 0.4) is 0 Å². The Balaban J connectivity index is 1.65. The molecule has 3 rings (SSSR count). The first kappa shape index (κ1) is 17.7. The van der Waals surface area contributed by atoms with Crippen molar-refractivity contribution in [1.29, 1.82) is 0 Å². The van der Waals surface area contributed by atoms with Gasteiger partial charge in [-0.15, -0.1) is 0 Å². The molecule has 0 bridgehead atoms. The number of hydrogen-bond acceptors (Lipinski definition) is 2. The van der Waals surface area contributed by atoms with E-state index in [1.165, 1.54) is 16.7 Å². The quantitative estimate of drug-likeness (QED) is 0.664. The first-order valence-electron chi connectivity index (χ1n) is 8.85. The van der Waals surface area contributed by atoms with Crippen LogP contribution in [0.4, 0.5) is 11.4 Å². The van der Waals surface area contributed by atoms with E-state index in [2.05, 4.69) is 48.7 Å². The molecule has 0 radical (unpaired) electrons.